The molecule has 7 nitrogen and oxygen atoms in total. The highest BCUT2D eigenvalue weighted by molar-refractivity contribution is 7.92. The van der Waals surface area contributed by atoms with Gasteiger partial charge in [0.05, 0.1) is 17.7 Å². The molecule has 3 aromatic carbocycles. The van der Waals surface area contributed by atoms with Gasteiger partial charge in [-0.25, -0.2) is 12.8 Å². The summed E-state index contributed by atoms with van der Waals surface area (Å²) < 4.78 is 49.5. The molecule has 2 N–H and O–H groups in total. The Morgan fingerprint density at radius 1 is 0.950 bits per heavy atom. The third kappa shape index (κ3) is 5.94. The van der Waals surface area contributed by atoms with Crippen molar-refractivity contribution in [1.82, 2.24) is 9.88 Å². The second-order valence-electron chi connectivity index (χ2n) is 10.7. The monoisotopic (exact) mass is 559 g/mol. The third-order valence-electron chi connectivity index (χ3n) is 6.67. The molecular weight excluding hydrogens is 529 g/mol. The normalized spacial score (nSPS) is 12.0. The Bertz CT molecular complexity index is 1750. The number of rotatable bonds is 8. The van der Waals surface area contributed by atoms with Gasteiger partial charge in [-0.05, 0) is 77.2 Å². The molecule has 0 aliphatic rings. The molecule has 5 rings (SSSR count). The molecule has 0 aliphatic heterocycles. The molecule has 206 valence electrons. The van der Waals surface area contributed by atoms with Crippen molar-refractivity contribution in [1.29, 1.82) is 0 Å². The fourth-order valence-electron chi connectivity index (χ4n) is 4.48. The molecule has 0 atom stereocenters. The predicted molar refractivity (Wildman–Crippen MR) is 153 cm³/mol. The first-order valence-corrected chi connectivity index (χ1v) is 14.3. The zero-order chi connectivity index (χ0) is 28.5. The molecule has 0 radical (unpaired) electrons. The summed E-state index contributed by atoms with van der Waals surface area (Å²) >= 11 is 0. The van der Waals surface area contributed by atoms with E-state index in [0.717, 1.165) is 16.6 Å². The van der Waals surface area contributed by atoms with Crippen LogP contribution in [0.3, 0.4) is 0 Å². The first-order valence-electron chi connectivity index (χ1n) is 12.8. The maximum Gasteiger partial charge on any atom is 0.268 e. The summed E-state index contributed by atoms with van der Waals surface area (Å²) in [4.78, 5) is 13.4. The molecule has 2 heterocycles. The van der Waals surface area contributed by atoms with Crippen LogP contribution in [0.5, 0.6) is 0 Å². The standard InChI is InChI=1S/C31H30FN3O4S/c1-31(2,3)23-8-13-27(14-9-23)40(37,38)34-25-12-15-28-22(17-25)18-29(30(36)33-19-26-5-4-16-39-26)35(28)20-21-6-10-24(32)11-7-21/h4-18,34H,19-20H2,1-3H3,(H,33,36). The number of anilines is 1. The van der Waals surface area contributed by atoms with E-state index in [2.05, 4.69) is 30.8 Å². The van der Waals surface area contributed by atoms with E-state index >= 15 is 0 Å². The topological polar surface area (TPSA) is 93.3 Å². The molecule has 5 aromatic rings. The molecule has 0 saturated heterocycles. The van der Waals surface area contributed by atoms with Crippen molar-refractivity contribution in [2.45, 2.75) is 44.2 Å². The van der Waals surface area contributed by atoms with Crippen LogP contribution < -0.4 is 10.0 Å². The van der Waals surface area contributed by atoms with Crippen LogP contribution in [-0.4, -0.2) is 18.9 Å². The second-order valence-corrected chi connectivity index (χ2v) is 12.3. The SMILES string of the molecule is CC(C)(C)c1ccc(S(=O)(=O)Nc2ccc3c(c2)cc(C(=O)NCc2ccco2)n3Cc2ccc(F)cc2)cc1. The molecule has 2 aromatic heterocycles. The lowest BCUT2D eigenvalue weighted by Gasteiger charge is -2.19. The number of sulfonamides is 1. The molecule has 0 saturated carbocycles. The van der Waals surface area contributed by atoms with Gasteiger partial charge in [0.1, 0.15) is 17.3 Å². The quantitative estimate of drug-likeness (QED) is 0.229. The largest absolute Gasteiger partial charge is 0.467 e. The van der Waals surface area contributed by atoms with E-state index in [4.69, 9.17) is 4.42 Å². The molecule has 0 unspecified atom stereocenters. The maximum atomic E-state index is 13.5. The Balaban J connectivity index is 1.46. The van der Waals surface area contributed by atoms with Crippen LogP contribution in [-0.2, 0) is 28.5 Å². The van der Waals surface area contributed by atoms with Crippen molar-refractivity contribution in [2.24, 2.45) is 0 Å². The minimum Gasteiger partial charge on any atom is -0.467 e. The molecule has 0 bridgehead atoms. The number of carbonyl (C=O) groups is 1. The van der Waals surface area contributed by atoms with E-state index in [1.54, 1.807) is 60.7 Å². The Morgan fingerprint density at radius 3 is 2.33 bits per heavy atom. The second kappa shape index (κ2) is 10.7. The van der Waals surface area contributed by atoms with E-state index in [0.29, 0.717) is 29.1 Å². The number of nitrogens with zero attached hydrogens (tertiary/aromatic N) is 1. The highest BCUT2D eigenvalue weighted by atomic mass is 32.2. The van der Waals surface area contributed by atoms with Crippen LogP contribution in [0, 0.1) is 5.82 Å². The first-order chi connectivity index (χ1) is 19.0. The molecule has 40 heavy (non-hydrogen) atoms. The Morgan fingerprint density at radius 2 is 1.68 bits per heavy atom. The van der Waals surface area contributed by atoms with Crippen LogP contribution in [0.2, 0.25) is 0 Å². The van der Waals surface area contributed by atoms with Gasteiger partial charge in [0.15, 0.2) is 0 Å². The lowest BCUT2D eigenvalue weighted by atomic mass is 9.87. The van der Waals surface area contributed by atoms with Crippen LogP contribution in [0.15, 0.2) is 101 Å². The van der Waals surface area contributed by atoms with Gasteiger partial charge in [-0.3, -0.25) is 9.52 Å². The van der Waals surface area contributed by atoms with Crippen LogP contribution in [0.4, 0.5) is 10.1 Å². The van der Waals surface area contributed by atoms with Gasteiger partial charge in [-0.2, -0.15) is 0 Å². The number of nitrogens with one attached hydrogen (secondary N) is 2. The number of halogens is 1. The van der Waals surface area contributed by atoms with E-state index < -0.39 is 10.0 Å². The molecular formula is C31H30FN3O4S. The smallest absolute Gasteiger partial charge is 0.268 e. The number of fused-ring (bicyclic) bond motifs is 1. The minimum atomic E-state index is -3.83. The first kappa shape index (κ1) is 27.2. The van der Waals surface area contributed by atoms with E-state index in [9.17, 15) is 17.6 Å². The summed E-state index contributed by atoms with van der Waals surface area (Å²) in [5, 5.41) is 3.54. The number of benzene rings is 3. The Labute approximate surface area is 232 Å². The van der Waals surface area contributed by atoms with Gasteiger partial charge in [0.2, 0.25) is 0 Å². The molecule has 0 spiro atoms. The van der Waals surface area contributed by atoms with Crippen molar-refractivity contribution >= 4 is 32.5 Å². The lowest BCUT2D eigenvalue weighted by molar-refractivity contribution is 0.0939. The average molecular weight is 560 g/mol. The van der Waals surface area contributed by atoms with Gasteiger partial charge in [-0.15, -0.1) is 0 Å². The lowest BCUT2D eigenvalue weighted by Crippen LogP contribution is -2.25. The van der Waals surface area contributed by atoms with Crippen LogP contribution >= 0.6 is 0 Å². The summed E-state index contributed by atoms with van der Waals surface area (Å²) in [7, 11) is -3.83. The van der Waals surface area contributed by atoms with Gasteiger partial charge in [-0.1, -0.05) is 45.0 Å². The van der Waals surface area contributed by atoms with Crippen LogP contribution in [0.25, 0.3) is 10.9 Å². The summed E-state index contributed by atoms with van der Waals surface area (Å²) in [6.45, 7) is 6.73. The zero-order valence-corrected chi connectivity index (χ0v) is 23.3. The van der Waals surface area contributed by atoms with Crippen molar-refractivity contribution in [3.05, 3.63) is 120 Å². The van der Waals surface area contributed by atoms with Crippen LogP contribution in [0.1, 0.15) is 48.1 Å². The Kier molecular flexibility index (Phi) is 7.25. The van der Waals surface area contributed by atoms with Crippen molar-refractivity contribution in [2.75, 3.05) is 4.72 Å². The van der Waals surface area contributed by atoms with Gasteiger partial charge in [0, 0.05) is 23.1 Å². The van der Waals surface area contributed by atoms with Crippen molar-refractivity contribution < 1.29 is 22.0 Å². The van der Waals surface area contributed by atoms with Crippen molar-refractivity contribution in [3.63, 3.8) is 0 Å². The third-order valence-corrected chi connectivity index (χ3v) is 8.07. The fraction of sp³-hybridized carbons (Fsp3) is 0.194. The number of amides is 1. The summed E-state index contributed by atoms with van der Waals surface area (Å²) in [6, 6.07) is 23.3. The summed E-state index contributed by atoms with van der Waals surface area (Å²) in [5.41, 5.74) is 3.22. The molecule has 0 fully saturated rings. The van der Waals surface area contributed by atoms with E-state index in [1.165, 1.54) is 18.4 Å². The molecule has 1 amide bonds. The van der Waals surface area contributed by atoms with Gasteiger partial charge < -0.3 is 14.3 Å². The number of hydrogen-bond acceptors (Lipinski definition) is 4. The number of aromatic nitrogens is 1. The van der Waals surface area contributed by atoms with Crippen molar-refractivity contribution in [3.8, 4) is 0 Å². The highest BCUT2D eigenvalue weighted by Crippen LogP contribution is 2.28. The summed E-state index contributed by atoms with van der Waals surface area (Å²) in [5.74, 6) is -0.0555. The fourth-order valence-corrected chi connectivity index (χ4v) is 5.53. The predicted octanol–water partition coefficient (Wildman–Crippen LogP) is 6.45. The average Bonchev–Trinajstić information content (AvgIpc) is 3.56. The number of hydrogen-bond donors (Lipinski definition) is 2. The van der Waals surface area contributed by atoms with Gasteiger partial charge >= 0.3 is 0 Å². The number of furan rings is 1. The zero-order valence-electron chi connectivity index (χ0n) is 22.4. The van der Waals surface area contributed by atoms with E-state index in [-0.39, 0.29) is 28.6 Å². The van der Waals surface area contributed by atoms with E-state index in [1.807, 2.05) is 16.7 Å². The Hall–Kier alpha value is -4.37. The minimum absolute atomic E-state index is 0.0935. The maximum absolute atomic E-state index is 13.5. The van der Waals surface area contributed by atoms with Gasteiger partial charge in [0.25, 0.3) is 15.9 Å². The highest BCUT2D eigenvalue weighted by Gasteiger charge is 2.20. The summed E-state index contributed by atoms with van der Waals surface area (Å²) in [6.07, 6.45) is 1.54. The molecule has 0 aliphatic carbocycles. The molecule has 9 heteroatoms. The number of carbonyl (C=O) groups excluding carboxylic acids is 1.